The maximum atomic E-state index is 12.5. The molecule has 3 heterocycles. The van der Waals surface area contributed by atoms with E-state index in [1.165, 1.54) is 6.26 Å². The Hall–Kier alpha value is -3.62. The van der Waals surface area contributed by atoms with E-state index in [9.17, 15) is 14.4 Å². The van der Waals surface area contributed by atoms with Crippen molar-refractivity contribution in [3.63, 3.8) is 0 Å². The summed E-state index contributed by atoms with van der Waals surface area (Å²) in [5.74, 6) is -0.809. The smallest absolute Gasteiger partial charge is 0.437 e. The predicted molar refractivity (Wildman–Crippen MR) is 103 cm³/mol. The fourth-order valence-electron chi connectivity index (χ4n) is 3.29. The standard InChI is InChI=1S/C20H20N4O5/c25-17(13-24-20(27)29-19(22-24)16-7-4-12-28-16)23-10-8-14(9-11-23)18(26)21-15-5-2-1-3-6-15/h1-7,12,14H,8-11,13H2,(H,21,26). The van der Waals surface area contributed by atoms with Gasteiger partial charge in [0.1, 0.15) is 6.54 Å². The van der Waals surface area contributed by atoms with Crippen LogP contribution in [0.1, 0.15) is 12.8 Å². The molecule has 150 valence electrons. The van der Waals surface area contributed by atoms with Crippen molar-refractivity contribution in [1.82, 2.24) is 14.7 Å². The number of para-hydroxylation sites is 1. The van der Waals surface area contributed by atoms with Gasteiger partial charge in [0.05, 0.1) is 6.26 Å². The minimum Gasteiger partial charge on any atom is -0.459 e. The van der Waals surface area contributed by atoms with E-state index < -0.39 is 5.76 Å². The molecule has 1 N–H and O–H groups in total. The highest BCUT2D eigenvalue weighted by Crippen LogP contribution is 2.20. The van der Waals surface area contributed by atoms with E-state index in [-0.39, 0.29) is 30.2 Å². The summed E-state index contributed by atoms with van der Waals surface area (Å²) in [5.41, 5.74) is 0.758. The largest absolute Gasteiger partial charge is 0.459 e. The van der Waals surface area contributed by atoms with Gasteiger partial charge >= 0.3 is 5.76 Å². The first-order chi connectivity index (χ1) is 14.1. The summed E-state index contributed by atoms with van der Waals surface area (Å²) in [6.45, 7) is 0.677. The van der Waals surface area contributed by atoms with Crippen LogP contribution in [0.15, 0.2) is 62.4 Å². The summed E-state index contributed by atoms with van der Waals surface area (Å²) in [6.07, 6.45) is 2.57. The van der Waals surface area contributed by atoms with E-state index in [0.29, 0.717) is 31.7 Å². The Morgan fingerprint density at radius 1 is 1.10 bits per heavy atom. The van der Waals surface area contributed by atoms with Crippen molar-refractivity contribution in [2.75, 3.05) is 18.4 Å². The summed E-state index contributed by atoms with van der Waals surface area (Å²) in [7, 11) is 0. The van der Waals surface area contributed by atoms with Crippen LogP contribution >= 0.6 is 0 Å². The van der Waals surface area contributed by atoms with Gasteiger partial charge in [-0.3, -0.25) is 9.59 Å². The van der Waals surface area contributed by atoms with Crippen molar-refractivity contribution < 1.29 is 18.4 Å². The average Bonchev–Trinajstić information content (AvgIpc) is 3.39. The number of rotatable bonds is 5. The summed E-state index contributed by atoms with van der Waals surface area (Å²) in [5, 5.41) is 6.91. The van der Waals surface area contributed by atoms with Gasteiger partial charge in [0.25, 0.3) is 5.89 Å². The molecule has 0 unspecified atom stereocenters. The van der Waals surface area contributed by atoms with Gasteiger partial charge in [0.2, 0.25) is 11.8 Å². The van der Waals surface area contributed by atoms with Crippen LogP contribution in [-0.2, 0) is 16.1 Å². The fourth-order valence-corrected chi connectivity index (χ4v) is 3.29. The number of carbonyl (C=O) groups is 2. The van der Waals surface area contributed by atoms with Gasteiger partial charge in [-0.2, -0.15) is 4.68 Å². The summed E-state index contributed by atoms with van der Waals surface area (Å²) >= 11 is 0. The van der Waals surface area contributed by atoms with Crippen molar-refractivity contribution in [3.8, 4) is 11.7 Å². The van der Waals surface area contributed by atoms with Crippen LogP contribution in [0.2, 0.25) is 0 Å². The maximum absolute atomic E-state index is 12.5. The lowest BCUT2D eigenvalue weighted by Gasteiger charge is -2.31. The molecule has 0 atom stereocenters. The van der Waals surface area contributed by atoms with Crippen molar-refractivity contribution in [1.29, 1.82) is 0 Å². The SMILES string of the molecule is O=C(Nc1ccccc1)C1CCN(C(=O)Cn2nc(-c3ccco3)oc2=O)CC1. The number of nitrogens with one attached hydrogen (secondary N) is 1. The van der Waals surface area contributed by atoms with Crippen molar-refractivity contribution in [3.05, 3.63) is 59.3 Å². The number of furan rings is 1. The normalized spacial score (nSPS) is 14.7. The summed E-state index contributed by atoms with van der Waals surface area (Å²) in [4.78, 5) is 38.5. The maximum Gasteiger partial charge on any atom is 0.437 e. The molecular formula is C20H20N4O5. The Balaban J connectivity index is 1.31. The molecule has 0 spiro atoms. The molecule has 1 aliphatic rings. The minimum absolute atomic E-state index is 0.0316. The predicted octanol–water partition coefficient (Wildman–Crippen LogP) is 1.97. The number of piperidine rings is 1. The number of nitrogens with zero attached hydrogens (tertiary/aromatic N) is 3. The van der Waals surface area contributed by atoms with E-state index >= 15 is 0 Å². The molecule has 29 heavy (non-hydrogen) atoms. The molecule has 0 bridgehead atoms. The monoisotopic (exact) mass is 396 g/mol. The molecule has 1 fully saturated rings. The Morgan fingerprint density at radius 2 is 1.86 bits per heavy atom. The number of carbonyl (C=O) groups excluding carboxylic acids is 2. The fraction of sp³-hybridized carbons (Fsp3) is 0.300. The Kier molecular flexibility index (Phi) is 5.28. The van der Waals surface area contributed by atoms with Crippen LogP contribution in [-0.4, -0.2) is 39.6 Å². The highest BCUT2D eigenvalue weighted by Gasteiger charge is 2.28. The van der Waals surface area contributed by atoms with Crippen LogP contribution < -0.4 is 11.1 Å². The molecule has 1 saturated heterocycles. The molecule has 1 aliphatic heterocycles. The summed E-state index contributed by atoms with van der Waals surface area (Å²) in [6, 6.07) is 12.5. The highest BCUT2D eigenvalue weighted by molar-refractivity contribution is 5.92. The molecule has 1 aromatic carbocycles. The molecule has 0 aliphatic carbocycles. The van der Waals surface area contributed by atoms with Gasteiger partial charge in [0, 0.05) is 24.7 Å². The third-order valence-corrected chi connectivity index (χ3v) is 4.88. The second-order valence-corrected chi connectivity index (χ2v) is 6.82. The van der Waals surface area contributed by atoms with E-state index in [4.69, 9.17) is 8.83 Å². The number of hydrogen-bond acceptors (Lipinski definition) is 6. The van der Waals surface area contributed by atoms with Gasteiger partial charge in [-0.25, -0.2) is 4.79 Å². The van der Waals surface area contributed by atoms with Gasteiger partial charge in [-0.05, 0) is 37.1 Å². The van der Waals surface area contributed by atoms with Gasteiger partial charge in [0.15, 0.2) is 5.76 Å². The topological polar surface area (TPSA) is 111 Å². The highest BCUT2D eigenvalue weighted by atomic mass is 16.4. The summed E-state index contributed by atoms with van der Waals surface area (Å²) < 4.78 is 11.2. The average molecular weight is 396 g/mol. The van der Waals surface area contributed by atoms with Crippen molar-refractivity contribution in [2.45, 2.75) is 19.4 Å². The van der Waals surface area contributed by atoms with E-state index in [2.05, 4.69) is 10.4 Å². The van der Waals surface area contributed by atoms with Crippen LogP contribution in [0.5, 0.6) is 0 Å². The zero-order chi connectivity index (χ0) is 20.2. The van der Waals surface area contributed by atoms with Crippen LogP contribution in [0.25, 0.3) is 11.7 Å². The van der Waals surface area contributed by atoms with E-state index in [1.807, 2.05) is 30.3 Å². The van der Waals surface area contributed by atoms with E-state index in [1.54, 1.807) is 17.0 Å². The molecule has 0 saturated carbocycles. The number of aromatic nitrogens is 2. The molecule has 0 radical (unpaired) electrons. The lowest BCUT2D eigenvalue weighted by atomic mass is 9.95. The second-order valence-electron chi connectivity index (χ2n) is 6.82. The number of amides is 2. The number of benzene rings is 1. The lowest BCUT2D eigenvalue weighted by molar-refractivity contribution is -0.135. The molecule has 9 nitrogen and oxygen atoms in total. The molecule has 2 aromatic heterocycles. The Morgan fingerprint density at radius 3 is 2.55 bits per heavy atom. The Bertz CT molecular complexity index is 1030. The number of likely N-dealkylation sites (tertiary alicyclic amines) is 1. The number of anilines is 1. The van der Waals surface area contributed by atoms with Gasteiger partial charge in [-0.15, -0.1) is 5.10 Å². The molecule has 3 aromatic rings. The third-order valence-electron chi connectivity index (χ3n) is 4.88. The first-order valence-corrected chi connectivity index (χ1v) is 9.35. The van der Waals surface area contributed by atoms with Gasteiger partial charge < -0.3 is 19.1 Å². The number of hydrogen-bond donors (Lipinski definition) is 1. The third kappa shape index (κ3) is 4.29. The van der Waals surface area contributed by atoms with E-state index in [0.717, 1.165) is 10.4 Å². The Labute approximate surface area is 165 Å². The second kappa shape index (κ2) is 8.17. The minimum atomic E-state index is -0.720. The van der Waals surface area contributed by atoms with Crippen LogP contribution in [0, 0.1) is 5.92 Å². The molecule has 2 amide bonds. The molecule has 4 rings (SSSR count). The van der Waals surface area contributed by atoms with Crippen LogP contribution in [0.4, 0.5) is 5.69 Å². The van der Waals surface area contributed by atoms with Gasteiger partial charge in [-0.1, -0.05) is 18.2 Å². The first kappa shape index (κ1) is 18.7. The molecule has 9 heteroatoms. The first-order valence-electron chi connectivity index (χ1n) is 9.35. The molecular weight excluding hydrogens is 376 g/mol. The van der Waals surface area contributed by atoms with Crippen molar-refractivity contribution in [2.24, 2.45) is 5.92 Å². The lowest BCUT2D eigenvalue weighted by Crippen LogP contribution is -2.43. The van der Waals surface area contributed by atoms with Crippen molar-refractivity contribution >= 4 is 17.5 Å². The quantitative estimate of drug-likeness (QED) is 0.706. The zero-order valence-corrected chi connectivity index (χ0v) is 15.6. The zero-order valence-electron chi connectivity index (χ0n) is 15.6. The van der Waals surface area contributed by atoms with Crippen LogP contribution in [0.3, 0.4) is 0 Å².